The zero-order valence-corrected chi connectivity index (χ0v) is 12.8. The van der Waals surface area contributed by atoms with Crippen LogP contribution in [-0.2, 0) is 17.8 Å². The number of aromatic nitrogens is 3. The first-order valence-electron chi connectivity index (χ1n) is 6.41. The van der Waals surface area contributed by atoms with Crippen molar-refractivity contribution in [2.24, 2.45) is 0 Å². The quantitative estimate of drug-likeness (QED) is 0.814. The molecule has 0 aromatic carbocycles. The van der Waals surface area contributed by atoms with Crippen LogP contribution < -0.4 is 10.6 Å². The van der Waals surface area contributed by atoms with Crippen LogP contribution in [0.5, 0.6) is 0 Å². The summed E-state index contributed by atoms with van der Waals surface area (Å²) in [7, 11) is 3.47. The Morgan fingerprint density at radius 2 is 2.05 bits per heavy atom. The molecule has 2 rings (SSSR count). The first kappa shape index (κ1) is 14.7. The van der Waals surface area contributed by atoms with Crippen LogP contribution in [0.1, 0.15) is 16.5 Å². The predicted molar refractivity (Wildman–Crippen MR) is 81.3 cm³/mol. The molecular weight excluding hydrogens is 274 g/mol. The maximum Gasteiger partial charge on any atom is 0.158 e. The lowest BCUT2D eigenvalue weighted by Crippen LogP contribution is -2.10. The fourth-order valence-electron chi connectivity index (χ4n) is 1.75. The van der Waals surface area contributed by atoms with Gasteiger partial charge in [0.05, 0.1) is 10.7 Å². The minimum absolute atomic E-state index is 0.398. The Balaban J connectivity index is 1.95. The van der Waals surface area contributed by atoms with Gasteiger partial charge in [-0.25, -0.2) is 15.0 Å². The standard InChI is InChI=1S/C13H19N5OS/c1-9-16-10(8-20-9)4-5-15-12-6-11(14-2)17-13(18-12)7-19-3/h6,8H,4-5,7H2,1-3H3,(H2,14,15,17,18). The van der Waals surface area contributed by atoms with Crippen LogP contribution in [-0.4, -0.2) is 35.7 Å². The maximum atomic E-state index is 5.07. The van der Waals surface area contributed by atoms with Crippen LogP contribution in [0, 0.1) is 6.92 Å². The zero-order valence-electron chi connectivity index (χ0n) is 11.9. The maximum absolute atomic E-state index is 5.07. The Labute approximate surface area is 122 Å². The highest BCUT2D eigenvalue weighted by atomic mass is 32.1. The molecule has 2 aromatic rings. The van der Waals surface area contributed by atoms with Gasteiger partial charge >= 0.3 is 0 Å². The van der Waals surface area contributed by atoms with Crippen LogP contribution in [0.3, 0.4) is 0 Å². The van der Waals surface area contributed by atoms with Crippen molar-refractivity contribution in [3.63, 3.8) is 0 Å². The van der Waals surface area contributed by atoms with E-state index in [4.69, 9.17) is 4.74 Å². The average molecular weight is 293 g/mol. The van der Waals surface area contributed by atoms with Gasteiger partial charge < -0.3 is 15.4 Å². The predicted octanol–water partition coefficient (Wildman–Crippen LogP) is 2.08. The molecule has 2 N–H and O–H groups in total. The molecule has 0 bridgehead atoms. The van der Waals surface area contributed by atoms with E-state index in [2.05, 4.69) is 31.0 Å². The SMILES string of the molecule is CNc1cc(NCCc2csc(C)n2)nc(COC)n1. The molecule has 0 atom stereocenters. The van der Waals surface area contributed by atoms with E-state index >= 15 is 0 Å². The molecule has 2 aromatic heterocycles. The van der Waals surface area contributed by atoms with Crippen molar-refractivity contribution in [1.29, 1.82) is 0 Å². The van der Waals surface area contributed by atoms with Gasteiger partial charge in [0.1, 0.15) is 18.2 Å². The van der Waals surface area contributed by atoms with Gasteiger partial charge in [-0.2, -0.15) is 0 Å². The number of anilines is 2. The van der Waals surface area contributed by atoms with Crippen molar-refractivity contribution in [3.05, 3.63) is 28.0 Å². The first-order chi connectivity index (χ1) is 9.71. The van der Waals surface area contributed by atoms with Crippen LogP contribution in [0.4, 0.5) is 11.6 Å². The summed E-state index contributed by atoms with van der Waals surface area (Å²) < 4.78 is 5.07. The van der Waals surface area contributed by atoms with Gasteiger partial charge in [0, 0.05) is 38.6 Å². The van der Waals surface area contributed by atoms with E-state index < -0.39 is 0 Å². The summed E-state index contributed by atoms with van der Waals surface area (Å²) in [4.78, 5) is 13.2. The molecule has 0 fully saturated rings. The molecule has 20 heavy (non-hydrogen) atoms. The van der Waals surface area contributed by atoms with E-state index in [1.54, 1.807) is 18.4 Å². The first-order valence-corrected chi connectivity index (χ1v) is 7.28. The molecule has 6 nitrogen and oxygen atoms in total. The minimum atomic E-state index is 0.398. The third-order valence-corrected chi connectivity index (χ3v) is 3.48. The number of rotatable bonds is 7. The Hall–Kier alpha value is -1.73. The molecule has 0 aliphatic heterocycles. The number of ether oxygens (including phenoxy) is 1. The van der Waals surface area contributed by atoms with Crippen LogP contribution in [0.25, 0.3) is 0 Å². The molecule has 0 spiro atoms. The summed E-state index contributed by atoms with van der Waals surface area (Å²) in [5, 5.41) is 9.50. The summed E-state index contributed by atoms with van der Waals surface area (Å²) in [5.74, 6) is 2.23. The fraction of sp³-hybridized carbons (Fsp3) is 0.462. The Kier molecular flexibility index (Phi) is 5.25. The second-order valence-electron chi connectivity index (χ2n) is 4.27. The van der Waals surface area contributed by atoms with Crippen molar-refractivity contribution < 1.29 is 4.74 Å². The molecule has 2 heterocycles. The van der Waals surface area contributed by atoms with Gasteiger partial charge in [-0.15, -0.1) is 11.3 Å². The van der Waals surface area contributed by atoms with Crippen LogP contribution in [0.15, 0.2) is 11.4 Å². The van der Waals surface area contributed by atoms with E-state index in [-0.39, 0.29) is 0 Å². The monoisotopic (exact) mass is 293 g/mol. The molecule has 108 valence electrons. The lowest BCUT2D eigenvalue weighted by atomic mass is 10.3. The topological polar surface area (TPSA) is 72.0 Å². The summed E-state index contributed by atoms with van der Waals surface area (Å²) >= 11 is 1.67. The van der Waals surface area contributed by atoms with Gasteiger partial charge in [0.15, 0.2) is 5.82 Å². The van der Waals surface area contributed by atoms with Crippen molar-refractivity contribution in [2.75, 3.05) is 31.3 Å². The van der Waals surface area contributed by atoms with E-state index in [0.29, 0.717) is 12.4 Å². The lowest BCUT2D eigenvalue weighted by Gasteiger charge is -2.09. The summed E-state index contributed by atoms with van der Waals surface area (Å²) in [6.45, 7) is 3.20. The summed E-state index contributed by atoms with van der Waals surface area (Å²) in [5.41, 5.74) is 1.11. The number of hydrogen-bond donors (Lipinski definition) is 2. The largest absolute Gasteiger partial charge is 0.377 e. The third kappa shape index (κ3) is 4.14. The van der Waals surface area contributed by atoms with E-state index in [9.17, 15) is 0 Å². The molecule has 7 heteroatoms. The van der Waals surface area contributed by atoms with Gasteiger partial charge in [-0.3, -0.25) is 0 Å². The second-order valence-corrected chi connectivity index (χ2v) is 5.33. The van der Waals surface area contributed by atoms with Gasteiger partial charge in [0.2, 0.25) is 0 Å². The van der Waals surface area contributed by atoms with Gasteiger partial charge in [-0.1, -0.05) is 0 Å². The number of methoxy groups -OCH3 is 1. The molecule has 0 amide bonds. The molecule has 0 aliphatic rings. The second kappa shape index (κ2) is 7.16. The third-order valence-electron chi connectivity index (χ3n) is 2.66. The van der Waals surface area contributed by atoms with E-state index in [1.165, 1.54) is 0 Å². The highest BCUT2D eigenvalue weighted by Crippen LogP contribution is 2.12. The number of thiazole rings is 1. The summed E-state index contributed by atoms with van der Waals surface area (Å²) in [6.07, 6.45) is 0.878. The number of nitrogens with zero attached hydrogens (tertiary/aromatic N) is 3. The zero-order chi connectivity index (χ0) is 14.4. The van der Waals surface area contributed by atoms with Crippen molar-refractivity contribution in [3.8, 4) is 0 Å². The molecule has 0 unspecified atom stereocenters. The molecule has 0 saturated carbocycles. The molecule has 0 radical (unpaired) electrons. The average Bonchev–Trinajstić information content (AvgIpc) is 2.84. The molecule has 0 aliphatic carbocycles. The van der Waals surface area contributed by atoms with Crippen molar-refractivity contribution in [2.45, 2.75) is 20.0 Å². The van der Waals surface area contributed by atoms with Crippen molar-refractivity contribution >= 4 is 23.0 Å². The van der Waals surface area contributed by atoms with Crippen LogP contribution in [0.2, 0.25) is 0 Å². The molecule has 0 saturated heterocycles. The summed E-state index contributed by atoms with van der Waals surface area (Å²) in [6, 6.07) is 1.88. The Morgan fingerprint density at radius 3 is 2.70 bits per heavy atom. The highest BCUT2D eigenvalue weighted by molar-refractivity contribution is 7.09. The highest BCUT2D eigenvalue weighted by Gasteiger charge is 2.04. The van der Waals surface area contributed by atoms with E-state index in [1.807, 2.05) is 20.0 Å². The smallest absolute Gasteiger partial charge is 0.158 e. The number of nitrogens with one attached hydrogen (secondary N) is 2. The lowest BCUT2D eigenvalue weighted by molar-refractivity contribution is 0.178. The number of hydrogen-bond acceptors (Lipinski definition) is 7. The van der Waals surface area contributed by atoms with Crippen LogP contribution >= 0.6 is 11.3 Å². The van der Waals surface area contributed by atoms with Gasteiger partial charge in [-0.05, 0) is 6.92 Å². The molecular formula is C13H19N5OS. The van der Waals surface area contributed by atoms with Gasteiger partial charge in [0.25, 0.3) is 0 Å². The normalized spacial score (nSPS) is 10.6. The Bertz CT molecular complexity index is 557. The van der Waals surface area contributed by atoms with Crippen molar-refractivity contribution in [1.82, 2.24) is 15.0 Å². The minimum Gasteiger partial charge on any atom is -0.377 e. The van der Waals surface area contributed by atoms with E-state index in [0.717, 1.165) is 35.3 Å². The fourth-order valence-corrected chi connectivity index (χ4v) is 2.40. The number of aryl methyl sites for hydroxylation is 1. The Morgan fingerprint density at radius 1 is 1.25 bits per heavy atom.